The number of rotatable bonds is 2. The average Bonchev–Trinajstić information content (AvgIpc) is 2.80. The van der Waals surface area contributed by atoms with Gasteiger partial charge in [0.15, 0.2) is 0 Å². The molecule has 0 spiro atoms. The van der Waals surface area contributed by atoms with E-state index in [1.165, 1.54) is 5.56 Å². The zero-order valence-corrected chi connectivity index (χ0v) is 11.3. The van der Waals surface area contributed by atoms with Crippen LogP contribution in [0.2, 0.25) is 0 Å². The molecule has 1 aromatic heterocycles. The Bertz CT molecular complexity index is 578. The van der Waals surface area contributed by atoms with Crippen LogP contribution < -0.4 is 0 Å². The number of benzene rings is 1. The van der Waals surface area contributed by atoms with Gasteiger partial charge in [0.05, 0.1) is 6.61 Å². The maximum Gasteiger partial charge on any atom is 0.139 e. The number of nitrogens with zero attached hydrogens (tertiary/aromatic N) is 1. The van der Waals surface area contributed by atoms with Crippen molar-refractivity contribution in [3.63, 3.8) is 0 Å². The van der Waals surface area contributed by atoms with Crippen LogP contribution in [0, 0.1) is 6.92 Å². The van der Waals surface area contributed by atoms with Crippen molar-refractivity contribution in [2.24, 2.45) is 0 Å². The smallest absolute Gasteiger partial charge is 0.139 e. The van der Waals surface area contributed by atoms with Gasteiger partial charge in [-0.25, -0.2) is 0 Å². The number of likely N-dealkylation sites (N-methyl/N-ethyl adjacent to an activating group) is 1. The van der Waals surface area contributed by atoms with E-state index in [-0.39, 0.29) is 6.10 Å². The SMILES string of the molecule is Cc1ccc2oc(C(O)C3CN(C)CCO3)cc2c1. The van der Waals surface area contributed by atoms with E-state index in [0.717, 1.165) is 24.1 Å². The molecule has 1 saturated heterocycles. The lowest BCUT2D eigenvalue weighted by Crippen LogP contribution is -2.42. The van der Waals surface area contributed by atoms with Gasteiger partial charge in [-0.2, -0.15) is 0 Å². The van der Waals surface area contributed by atoms with Crippen molar-refractivity contribution >= 4 is 11.0 Å². The van der Waals surface area contributed by atoms with Crippen LogP contribution in [0.3, 0.4) is 0 Å². The quantitative estimate of drug-likeness (QED) is 0.899. The number of aryl methyl sites for hydroxylation is 1. The molecule has 0 saturated carbocycles. The number of aliphatic hydroxyl groups is 1. The van der Waals surface area contributed by atoms with Crippen molar-refractivity contribution in [2.45, 2.75) is 19.1 Å². The van der Waals surface area contributed by atoms with Crippen molar-refractivity contribution < 1.29 is 14.3 Å². The lowest BCUT2D eigenvalue weighted by atomic mass is 10.1. The number of hydrogen-bond acceptors (Lipinski definition) is 4. The summed E-state index contributed by atoms with van der Waals surface area (Å²) in [6.45, 7) is 4.32. The summed E-state index contributed by atoms with van der Waals surface area (Å²) in [6.07, 6.45) is -0.934. The van der Waals surface area contributed by atoms with Crippen LogP contribution in [0.1, 0.15) is 17.4 Å². The molecule has 2 atom stereocenters. The Balaban J connectivity index is 1.86. The zero-order valence-electron chi connectivity index (χ0n) is 11.3. The molecule has 1 N–H and O–H groups in total. The summed E-state index contributed by atoms with van der Waals surface area (Å²) in [5, 5.41) is 11.4. The van der Waals surface area contributed by atoms with Crippen molar-refractivity contribution in [3.05, 3.63) is 35.6 Å². The van der Waals surface area contributed by atoms with Crippen LogP contribution in [-0.4, -0.2) is 42.9 Å². The zero-order chi connectivity index (χ0) is 13.4. The predicted octanol–water partition coefficient (Wildman–Crippen LogP) is 2.11. The van der Waals surface area contributed by atoms with Crippen LogP contribution in [0.25, 0.3) is 11.0 Å². The summed E-state index contributed by atoms with van der Waals surface area (Å²) in [6, 6.07) is 7.91. The van der Waals surface area contributed by atoms with Crippen molar-refractivity contribution in [1.82, 2.24) is 4.90 Å². The van der Waals surface area contributed by atoms with Crippen LogP contribution in [-0.2, 0) is 4.74 Å². The molecule has 1 aromatic carbocycles. The Kier molecular flexibility index (Phi) is 3.31. The lowest BCUT2D eigenvalue weighted by Gasteiger charge is -2.32. The highest BCUT2D eigenvalue weighted by Crippen LogP contribution is 2.28. The second-order valence-corrected chi connectivity index (χ2v) is 5.31. The molecule has 1 aliphatic heterocycles. The molecule has 102 valence electrons. The minimum Gasteiger partial charge on any atom is -0.458 e. The minimum absolute atomic E-state index is 0.222. The Labute approximate surface area is 112 Å². The number of fused-ring (bicyclic) bond motifs is 1. The number of hydrogen-bond donors (Lipinski definition) is 1. The van der Waals surface area contributed by atoms with Gasteiger partial charge in [-0.1, -0.05) is 11.6 Å². The van der Waals surface area contributed by atoms with Gasteiger partial charge in [-0.3, -0.25) is 0 Å². The van der Waals surface area contributed by atoms with Gasteiger partial charge in [-0.15, -0.1) is 0 Å². The molecule has 3 rings (SSSR count). The Hall–Kier alpha value is -1.36. The standard InChI is InChI=1S/C15H19NO3/c1-10-3-4-12-11(7-10)8-13(19-12)15(17)14-9-16(2)5-6-18-14/h3-4,7-8,14-15,17H,5-6,9H2,1-2H3. The molecule has 2 unspecified atom stereocenters. The molecule has 0 bridgehead atoms. The largest absolute Gasteiger partial charge is 0.458 e. The summed E-state index contributed by atoms with van der Waals surface area (Å²) in [4.78, 5) is 2.16. The average molecular weight is 261 g/mol. The van der Waals surface area contributed by atoms with Crippen LogP contribution in [0.5, 0.6) is 0 Å². The molecule has 4 heteroatoms. The topological polar surface area (TPSA) is 45.8 Å². The van der Waals surface area contributed by atoms with E-state index >= 15 is 0 Å². The summed E-state index contributed by atoms with van der Waals surface area (Å²) in [5.74, 6) is 0.584. The van der Waals surface area contributed by atoms with Gasteiger partial charge in [0.2, 0.25) is 0 Å². The van der Waals surface area contributed by atoms with E-state index in [1.807, 2.05) is 32.2 Å². The van der Waals surface area contributed by atoms with Gasteiger partial charge >= 0.3 is 0 Å². The van der Waals surface area contributed by atoms with Gasteiger partial charge < -0.3 is 19.2 Å². The fourth-order valence-electron chi connectivity index (χ4n) is 2.51. The third kappa shape index (κ3) is 2.52. The lowest BCUT2D eigenvalue weighted by molar-refractivity contribution is -0.0898. The Morgan fingerprint density at radius 3 is 3.00 bits per heavy atom. The fourth-order valence-corrected chi connectivity index (χ4v) is 2.51. The third-order valence-electron chi connectivity index (χ3n) is 3.63. The normalized spacial score (nSPS) is 22.8. The highest BCUT2D eigenvalue weighted by molar-refractivity contribution is 5.78. The molecular weight excluding hydrogens is 242 g/mol. The monoisotopic (exact) mass is 261 g/mol. The highest BCUT2D eigenvalue weighted by atomic mass is 16.5. The van der Waals surface area contributed by atoms with E-state index in [9.17, 15) is 5.11 Å². The maximum atomic E-state index is 10.4. The van der Waals surface area contributed by atoms with Crippen LogP contribution in [0.4, 0.5) is 0 Å². The molecule has 1 fully saturated rings. The fraction of sp³-hybridized carbons (Fsp3) is 0.467. The summed E-state index contributed by atoms with van der Waals surface area (Å²) in [5.41, 5.74) is 1.99. The van der Waals surface area contributed by atoms with E-state index in [0.29, 0.717) is 12.4 Å². The highest BCUT2D eigenvalue weighted by Gasteiger charge is 2.28. The molecular formula is C15H19NO3. The molecule has 0 aliphatic carbocycles. The second kappa shape index (κ2) is 4.96. The first-order valence-electron chi connectivity index (χ1n) is 6.62. The van der Waals surface area contributed by atoms with Crippen LogP contribution >= 0.6 is 0 Å². The van der Waals surface area contributed by atoms with Crippen LogP contribution in [0.15, 0.2) is 28.7 Å². The minimum atomic E-state index is -0.713. The van der Waals surface area contributed by atoms with Gasteiger partial charge in [0.25, 0.3) is 0 Å². The van der Waals surface area contributed by atoms with Crippen molar-refractivity contribution in [2.75, 3.05) is 26.7 Å². The molecule has 19 heavy (non-hydrogen) atoms. The molecule has 1 aliphatic rings. The first-order chi connectivity index (χ1) is 9.13. The summed E-state index contributed by atoms with van der Waals surface area (Å²) in [7, 11) is 2.03. The van der Waals surface area contributed by atoms with Gasteiger partial charge in [0.1, 0.15) is 23.6 Å². The Morgan fingerprint density at radius 2 is 2.21 bits per heavy atom. The molecule has 2 heterocycles. The summed E-state index contributed by atoms with van der Waals surface area (Å²) < 4.78 is 11.4. The second-order valence-electron chi connectivity index (χ2n) is 5.31. The molecule has 4 nitrogen and oxygen atoms in total. The van der Waals surface area contributed by atoms with E-state index in [4.69, 9.17) is 9.15 Å². The molecule has 2 aromatic rings. The van der Waals surface area contributed by atoms with Gasteiger partial charge in [-0.05, 0) is 32.2 Å². The first-order valence-corrected chi connectivity index (χ1v) is 6.62. The van der Waals surface area contributed by atoms with Crippen molar-refractivity contribution in [3.8, 4) is 0 Å². The number of morpholine rings is 1. The number of furan rings is 1. The van der Waals surface area contributed by atoms with Crippen molar-refractivity contribution in [1.29, 1.82) is 0 Å². The maximum absolute atomic E-state index is 10.4. The van der Waals surface area contributed by atoms with E-state index in [1.54, 1.807) is 0 Å². The molecule has 0 amide bonds. The number of ether oxygens (including phenoxy) is 1. The van der Waals surface area contributed by atoms with Gasteiger partial charge in [0, 0.05) is 18.5 Å². The number of aliphatic hydroxyl groups excluding tert-OH is 1. The van der Waals surface area contributed by atoms with E-state index < -0.39 is 6.10 Å². The van der Waals surface area contributed by atoms with E-state index in [2.05, 4.69) is 11.0 Å². The summed E-state index contributed by atoms with van der Waals surface area (Å²) >= 11 is 0. The third-order valence-corrected chi connectivity index (χ3v) is 3.63. The Morgan fingerprint density at radius 1 is 1.37 bits per heavy atom. The first kappa shape index (κ1) is 12.7. The predicted molar refractivity (Wildman–Crippen MR) is 73.1 cm³/mol. The molecule has 0 radical (unpaired) electrons.